The predicted molar refractivity (Wildman–Crippen MR) is 150 cm³/mol. The smallest absolute Gasteiger partial charge is 0.191 e. The van der Waals surface area contributed by atoms with Crippen LogP contribution in [0.4, 0.5) is 0 Å². The van der Waals surface area contributed by atoms with Crippen molar-refractivity contribution in [1.29, 1.82) is 0 Å². The van der Waals surface area contributed by atoms with E-state index in [9.17, 15) is 0 Å². The number of hydrogen-bond donors (Lipinski definition) is 0. The molecule has 2 aromatic rings. The summed E-state index contributed by atoms with van der Waals surface area (Å²) in [5, 5.41) is 0.256. The summed E-state index contributed by atoms with van der Waals surface area (Å²) in [6.07, 6.45) is 3.66. The first-order chi connectivity index (χ1) is 15.7. The normalized spacial score (nSPS) is 16.5. The third-order valence-corrected chi connectivity index (χ3v) is 14.5. The SMILES string of the molecule is Cc1cc([C@H](CCO[Si](C)(C)C(C)(C)C)CC2SCCCS2)ccc1OCc1ccccc1. The molecular formula is C28H42O2S2Si. The van der Waals surface area contributed by atoms with Gasteiger partial charge >= 0.3 is 0 Å². The first-order valence-electron chi connectivity index (χ1n) is 12.3. The molecule has 1 heterocycles. The molecule has 0 amide bonds. The second kappa shape index (κ2) is 12.2. The van der Waals surface area contributed by atoms with E-state index in [1.165, 1.54) is 41.0 Å². The first kappa shape index (κ1) is 26.7. The van der Waals surface area contributed by atoms with Crippen LogP contribution in [0.5, 0.6) is 5.75 Å². The van der Waals surface area contributed by atoms with E-state index in [0.717, 1.165) is 18.8 Å². The van der Waals surface area contributed by atoms with Crippen molar-refractivity contribution < 1.29 is 9.16 Å². The largest absolute Gasteiger partial charge is 0.489 e. The maximum atomic E-state index is 6.58. The summed E-state index contributed by atoms with van der Waals surface area (Å²) in [4.78, 5) is 0. The van der Waals surface area contributed by atoms with E-state index in [0.29, 0.717) is 17.1 Å². The standard InChI is InChI=1S/C28H42O2S2Si/c1-22-19-24(13-14-26(22)29-21-23-11-8-7-9-12-23)25(20-27-31-17-10-18-32-27)15-16-30-33(5,6)28(2,3)4/h7-9,11-14,19,25,27H,10,15-18,20-21H2,1-6H3/t25-/m1/s1. The quantitative estimate of drug-likeness (QED) is 0.302. The van der Waals surface area contributed by atoms with Gasteiger partial charge in [0.1, 0.15) is 12.4 Å². The summed E-state index contributed by atoms with van der Waals surface area (Å²) in [5.41, 5.74) is 3.86. The molecule has 0 saturated carbocycles. The van der Waals surface area contributed by atoms with Crippen LogP contribution < -0.4 is 4.74 Å². The van der Waals surface area contributed by atoms with Gasteiger partial charge in [0.05, 0.1) is 4.58 Å². The zero-order valence-electron chi connectivity index (χ0n) is 21.4. The van der Waals surface area contributed by atoms with Crippen LogP contribution in [0.2, 0.25) is 18.1 Å². The summed E-state index contributed by atoms with van der Waals surface area (Å²) >= 11 is 4.30. The number of ether oxygens (including phenoxy) is 1. The van der Waals surface area contributed by atoms with Crippen LogP contribution in [0, 0.1) is 6.92 Å². The van der Waals surface area contributed by atoms with Crippen molar-refractivity contribution in [3.8, 4) is 5.75 Å². The zero-order chi connectivity index (χ0) is 23.9. The van der Waals surface area contributed by atoms with Crippen LogP contribution in [-0.4, -0.2) is 31.0 Å². The molecule has 0 aliphatic carbocycles. The summed E-state index contributed by atoms with van der Waals surface area (Å²) in [6.45, 7) is 15.3. The van der Waals surface area contributed by atoms with E-state index in [1.807, 2.05) is 6.07 Å². The van der Waals surface area contributed by atoms with Crippen molar-refractivity contribution in [2.24, 2.45) is 0 Å². The summed E-state index contributed by atoms with van der Waals surface area (Å²) < 4.78 is 13.4. The molecule has 1 aliphatic heterocycles. The van der Waals surface area contributed by atoms with Crippen molar-refractivity contribution in [2.45, 2.75) is 82.2 Å². The highest BCUT2D eigenvalue weighted by Crippen LogP contribution is 2.41. The van der Waals surface area contributed by atoms with Gasteiger partial charge in [-0.3, -0.25) is 0 Å². The maximum absolute atomic E-state index is 6.58. The molecule has 0 radical (unpaired) electrons. The van der Waals surface area contributed by atoms with Gasteiger partial charge in [0.25, 0.3) is 0 Å². The van der Waals surface area contributed by atoms with Gasteiger partial charge in [0.2, 0.25) is 0 Å². The molecule has 0 aromatic heterocycles. The molecule has 0 bridgehead atoms. The van der Waals surface area contributed by atoms with E-state index in [4.69, 9.17) is 9.16 Å². The molecule has 2 nitrogen and oxygen atoms in total. The Labute approximate surface area is 211 Å². The van der Waals surface area contributed by atoms with Crippen molar-refractivity contribution in [2.75, 3.05) is 18.1 Å². The molecule has 3 rings (SSSR count). The summed E-state index contributed by atoms with van der Waals surface area (Å²) in [6, 6.07) is 17.2. The van der Waals surface area contributed by atoms with Crippen molar-refractivity contribution >= 4 is 31.8 Å². The van der Waals surface area contributed by atoms with Crippen LogP contribution in [0.3, 0.4) is 0 Å². The van der Waals surface area contributed by atoms with Gasteiger partial charge in [0, 0.05) is 6.61 Å². The number of rotatable bonds is 10. The van der Waals surface area contributed by atoms with Gasteiger partial charge in [-0.15, -0.1) is 23.5 Å². The Hall–Kier alpha value is -0.883. The predicted octanol–water partition coefficient (Wildman–Crippen LogP) is 8.66. The fraction of sp³-hybridized carbons (Fsp3) is 0.571. The Balaban J connectivity index is 1.68. The number of benzene rings is 2. The molecule has 2 aromatic carbocycles. The monoisotopic (exact) mass is 502 g/mol. The first-order valence-corrected chi connectivity index (χ1v) is 17.3. The topological polar surface area (TPSA) is 18.5 Å². The Morgan fingerprint density at radius 2 is 1.73 bits per heavy atom. The van der Waals surface area contributed by atoms with Crippen LogP contribution >= 0.6 is 23.5 Å². The number of thioether (sulfide) groups is 2. The van der Waals surface area contributed by atoms with Crippen LogP contribution in [0.15, 0.2) is 48.5 Å². The van der Waals surface area contributed by atoms with Gasteiger partial charge in [-0.2, -0.15) is 0 Å². The molecule has 0 unspecified atom stereocenters. The second-order valence-electron chi connectivity index (χ2n) is 10.7. The average molecular weight is 503 g/mol. The molecule has 1 fully saturated rings. The average Bonchev–Trinajstić information content (AvgIpc) is 2.78. The minimum absolute atomic E-state index is 0.256. The molecule has 182 valence electrons. The van der Waals surface area contributed by atoms with E-state index in [-0.39, 0.29) is 5.04 Å². The maximum Gasteiger partial charge on any atom is 0.191 e. The minimum atomic E-state index is -1.72. The van der Waals surface area contributed by atoms with Gasteiger partial charge in [0.15, 0.2) is 8.32 Å². The minimum Gasteiger partial charge on any atom is -0.489 e. The van der Waals surface area contributed by atoms with Crippen molar-refractivity contribution in [3.05, 3.63) is 65.2 Å². The molecule has 33 heavy (non-hydrogen) atoms. The Morgan fingerprint density at radius 3 is 2.36 bits per heavy atom. The number of hydrogen-bond acceptors (Lipinski definition) is 4. The Morgan fingerprint density at radius 1 is 1.03 bits per heavy atom. The molecule has 5 heteroatoms. The lowest BCUT2D eigenvalue weighted by atomic mass is 9.92. The van der Waals surface area contributed by atoms with Gasteiger partial charge in [-0.25, -0.2) is 0 Å². The molecule has 0 spiro atoms. The number of aryl methyl sites for hydroxylation is 1. The lowest BCUT2D eigenvalue weighted by molar-refractivity contribution is 0.269. The van der Waals surface area contributed by atoms with Gasteiger partial charge < -0.3 is 9.16 Å². The fourth-order valence-electron chi connectivity index (χ4n) is 3.82. The van der Waals surface area contributed by atoms with Crippen molar-refractivity contribution in [1.82, 2.24) is 0 Å². The second-order valence-corrected chi connectivity index (χ2v) is 18.4. The molecular weight excluding hydrogens is 461 g/mol. The van der Waals surface area contributed by atoms with E-state index in [2.05, 4.69) is 107 Å². The van der Waals surface area contributed by atoms with Gasteiger partial charge in [-0.05, 0) is 84.5 Å². The highest BCUT2D eigenvalue weighted by molar-refractivity contribution is 8.17. The van der Waals surface area contributed by atoms with Gasteiger partial charge in [-0.1, -0.05) is 63.2 Å². The van der Waals surface area contributed by atoms with E-state index in [1.54, 1.807) is 0 Å². The fourth-order valence-corrected chi connectivity index (χ4v) is 7.91. The highest BCUT2D eigenvalue weighted by atomic mass is 32.2. The third-order valence-electron chi connectivity index (χ3n) is 7.02. The summed E-state index contributed by atoms with van der Waals surface area (Å²) in [7, 11) is -1.72. The lowest BCUT2D eigenvalue weighted by Crippen LogP contribution is -2.41. The highest BCUT2D eigenvalue weighted by Gasteiger charge is 2.37. The lowest BCUT2D eigenvalue weighted by Gasteiger charge is -2.36. The molecule has 1 saturated heterocycles. The van der Waals surface area contributed by atoms with Crippen molar-refractivity contribution in [3.63, 3.8) is 0 Å². The molecule has 1 atom stereocenters. The Bertz CT molecular complexity index is 858. The van der Waals surface area contributed by atoms with Crippen LogP contribution in [-0.2, 0) is 11.0 Å². The molecule has 1 aliphatic rings. The Kier molecular flexibility index (Phi) is 9.87. The van der Waals surface area contributed by atoms with E-state index >= 15 is 0 Å². The summed E-state index contributed by atoms with van der Waals surface area (Å²) in [5.74, 6) is 4.12. The van der Waals surface area contributed by atoms with Crippen LogP contribution in [0.1, 0.15) is 62.6 Å². The molecule has 0 N–H and O–H groups in total. The zero-order valence-corrected chi connectivity index (χ0v) is 24.0. The third kappa shape index (κ3) is 8.09. The van der Waals surface area contributed by atoms with E-state index < -0.39 is 8.32 Å². The van der Waals surface area contributed by atoms with Crippen LogP contribution in [0.25, 0.3) is 0 Å².